The summed E-state index contributed by atoms with van der Waals surface area (Å²) < 4.78 is 31.6. The number of nitrogens with one attached hydrogen (secondary N) is 1. The molecule has 1 aromatic heterocycles. The molecule has 1 aliphatic heterocycles. The molecular weight excluding hydrogens is 380 g/mol. The molecule has 0 bridgehead atoms. The van der Waals surface area contributed by atoms with Gasteiger partial charge in [0.25, 0.3) is 0 Å². The number of Topliss-reactive ketones (excluding diaryl/α,β-unsaturated/α-hetero) is 1. The van der Waals surface area contributed by atoms with Crippen LogP contribution in [0.4, 0.5) is 0 Å². The van der Waals surface area contributed by atoms with E-state index in [1.807, 2.05) is 0 Å². The lowest BCUT2D eigenvalue weighted by Crippen LogP contribution is -2.28. The van der Waals surface area contributed by atoms with Gasteiger partial charge < -0.3 is 15.3 Å². The second-order valence-electron chi connectivity index (χ2n) is 5.80. The molecule has 10 heteroatoms. The number of rotatable bonds is 7. The van der Waals surface area contributed by atoms with Crippen LogP contribution in [0.2, 0.25) is 0 Å². The maximum Gasteiger partial charge on any atom is 0.350 e. The summed E-state index contributed by atoms with van der Waals surface area (Å²) in [5.74, 6) is -1.98. The van der Waals surface area contributed by atoms with Crippen molar-refractivity contribution < 1.29 is 27.9 Å². The van der Waals surface area contributed by atoms with E-state index in [9.17, 15) is 23.1 Å². The SMILES string of the molecule is CC(=N)/C(C(C)=O)=C(/O)COC(=O)c1sccc1S(=O)(=O)N1CCCC1. The number of ether oxygens (including phenoxy) is 1. The van der Waals surface area contributed by atoms with Gasteiger partial charge >= 0.3 is 5.97 Å². The van der Waals surface area contributed by atoms with Crippen LogP contribution in [0.15, 0.2) is 27.7 Å². The van der Waals surface area contributed by atoms with Crippen molar-refractivity contribution in [2.45, 2.75) is 31.6 Å². The fourth-order valence-electron chi connectivity index (χ4n) is 2.67. The average molecular weight is 400 g/mol. The lowest BCUT2D eigenvalue weighted by molar-refractivity contribution is -0.113. The summed E-state index contributed by atoms with van der Waals surface area (Å²) in [6.07, 6.45) is 1.55. The van der Waals surface area contributed by atoms with Crippen LogP contribution in [-0.2, 0) is 19.6 Å². The first-order chi connectivity index (χ1) is 12.2. The first-order valence-electron chi connectivity index (χ1n) is 7.89. The Bertz CT molecular complexity index is 847. The van der Waals surface area contributed by atoms with Crippen molar-refractivity contribution in [1.82, 2.24) is 4.31 Å². The number of thiophene rings is 1. The van der Waals surface area contributed by atoms with Gasteiger partial charge in [-0.05, 0) is 38.1 Å². The third-order valence-corrected chi connectivity index (χ3v) is 6.82. The normalized spacial score (nSPS) is 16.2. The molecule has 1 aromatic rings. The molecular formula is C16H20N2O6S2. The van der Waals surface area contributed by atoms with Crippen LogP contribution >= 0.6 is 11.3 Å². The molecule has 2 N–H and O–H groups in total. The molecule has 0 aliphatic carbocycles. The zero-order valence-electron chi connectivity index (χ0n) is 14.4. The molecule has 1 saturated heterocycles. The number of hydrogen-bond acceptors (Lipinski definition) is 8. The maximum atomic E-state index is 12.6. The molecule has 0 saturated carbocycles. The summed E-state index contributed by atoms with van der Waals surface area (Å²) >= 11 is 0.929. The van der Waals surface area contributed by atoms with Gasteiger partial charge in [-0.2, -0.15) is 4.31 Å². The average Bonchev–Trinajstić information content (AvgIpc) is 3.23. The highest BCUT2D eigenvalue weighted by molar-refractivity contribution is 7.89. The second kappa shape index (κ2) is 8.11. The number of hydrogen-bond donors (Lipinski definition) is 2. The van der Waals surface area contributed by atoms with E-state index in [1.54, 1.807) is 0 Å². The molecule has 2 heterocycles. The van der Waals surface area contributed by atoms with Crippen molar-refractivity contribution in [3.63, 3.8) is 0 Å². The van der Waals surface area contributed by atoms with E-state index in [1.165, 1.54) is 29.6 Å². The number of nitrogens with zero attached hydrogens (tertiary/aromatic N) is 1. The van der Waals surface area contributed by atoms with Crippen LogP contribution in [0.3, 0.4) is 0 Å². The first-order valence-corrected chi connectivity index (χ1v) is 10.2. The fourth-order valence-corrected chi connectivity index (χ4v) is 5.47. The predicted molar refractivity (Wildman–Crippen MR) is 96.3 cm³/mol. The molecule has 0 amide bonds. The van der Waals surface area contributed by atoms with Gasteiger partial charge in [0.15, 0.2) is 5.78 Å². The van der Waals surface area contributed by atoms with Crippen molar-refractivity contribution >= 4 is 38.8 Å². The molecule has 0 atom stereocenters. The van der Waals surface area contributed by atoms with E-state index in [2.05, 4.69) is 0 Å². The quantitative estimate of drug-likeness (QED) is 0.313. The summed E-state index contributed by atoms with van der Waals surface area (Å²) in [5, 5.41) is 18.9. The Morgan fingerprint density at radius 2 is 1.92 bits per heavy atom. The Kier molecular flexibility index (Phi) is 6.32. The summed E-state index contributed by atoms with van der Waals surface area (Å²) in [4.78, 5) is 23.5. The van der Waals surface area contributed by atoms with Gasteiger partial charge in [-0.1, -0.05) is 0 Å². The molecule has 0 spiro atoms. The Morgan fingerprint density at radius 1 is 1.31 bits per heavy atom. The van der Waals surface area contributed by atoms with E-state index in [0.717, 1.165) is 24.2 Å². The Morgan fingerprint density at radius 3 is 2.46 bits per heavy atom. The van der Waals surface area contributed by atoms with Gasteiger partial charge in [-0.15, -0.1) is 11.3 Å². The van der Waals surface area contributed by atoms with E-state index in [4.69, 9.17) is 10.1 Å². The third-order valence-electron chi connectivity index (χ3n) is 3.85. The number of sulfonamides is 1. The Balaban J connectivity index is 2.20. The highest BCUT2D eigenvalue weighted by Gasteiger charge is 2.32. The summed E-state index contributed by atoms with van der Waals surface area (Å²) in [6, 6.07) is 1.35. The highest BCUT2D eigenvalue weighted by Crippen LogP contribution is 2.28. The molecule has 0 aromatic carbocycles. The van der Waals surface area contributed by atoms with Gasteiger partial charge in [-0.25, -0.2) is 13.2 Å². The monoisotopic (exact) mass is 400 g/mol. The predicted octanol–water partition coefficient (Wildman–Crippen LogP) is 2.13. The summed E-state index contributed by atoms with van der Waals surface area (Å²) in [7, 11) is -3.77. The van der Waals surface area contributed by atoms with Crippen LogP contribution in [0.5, 0.6) is 0 Å². The van der Waals surface area contributed by atoms with Crippen LogP contribution in [0, 0.1) is 5.41 Å². The Labute approximate surface area is 155 Å². The van der Waals surface area contributed by atoms with Crippen LogP contribution in [0.25, 0.3) is 0 Å². The highest BCUT2D eigenvalue weighted by atomic mass is 32.2. The standard InChI is InChI=1S/C16H20N2O6S2/c1-10(17)14(11(2)19)12(20)9-24-16(21)15-13(5-8-25-15)26(22,23)18-6-3-4-7-18/h5,8,17,20H,3-4,6-7,9H2,1-2H3/b14-12-,17-10?. The van der Waals surface area contributed by atoms with Crippen molar-refractivity contribution in [3.8, 4) is 0 Å². The van der Waals surface area contributed by atoms with Crippen LogP contribution < -0.4 is 0 Å². The molecule has 1 aliphatic rings. The van der Waals surface area contributed by atoms with E-state index >= 15 is 0 Å². The van der Waals surface area contributed by atoms with Crippen LogP contribution in [0.1, 0.15) is 36.4 Å². The zero-order valence-corrected chi connectivity index (χ0v) is 16.1. The van der Waals surface area contributed by atoms with Gasteiger partial charge in [0.1, 0.15) is 22.1 Å². The molecule has 2 rings (SSSR count). The number of carbonyl (C=O) groups is 2. The summed E-state index contributed by atoms with van der Waals surface area (Å²) in [5.41, 5.74) is -0.381. The summed E-state index contributed by atoms with van der Waals surface area (Å²) in [6.45, 7) is 2.72. The number of aliphatic hydroxyl groups is 1. The maximum absolute atomic E-state index is 12.6. The van der Waals surface area contributed by atoms with E-state index in [-0.39, 0.29) is 21.1 Å². The lowest BCUT2D eigenvalue weighted by Gasteiger charge is -2.15. The van der Waals surface area contributed by atoms with Crippen molar-refractivity contribution in [3.05, 3.63) is 27.7 Å². The lowest BCUT2D eigenvalue weighted by atomic mass is 10.1. The fraction of sp³-hybridized carbons (Fsp3) is 0.438. The minimum atomic E-state index is -3.77. The second-order valence-corrected chi connectivity index (χ2v) is 8.63. The molecule has 142 valence electrons. The van der Waals surface area contributed by atoms with E-state index in [0.29, 0.717) is 13.1 Å². The third kappa shape index (κ3) is 4.19. The van der Waals surface area contributed by atoms with Gasteiger partial charge in [0.05, 0.1) is 5.57 Å². The zero-order chi connectivity index (χ0) is 19.5. The molecule has 0 unspecified atom stereocenters. The molecule has 0 radical (unpaired) electrons. The Hall–Kier alpha value is -2.04. The largest absolute Gasteiger partial charge is 0.508 e. The molecule has 1 fully saturated rings. The first kappa shape index (κ1) is 20.3. The number of ketones is 1. The minimum Gasteiger partial charge on any atom is -0.508 e. The number of allylic oxidation sites excluding steroid dienone is 1. The van der Waals surface area contributed by atoms with E-state index < -0.39 is 34.1 Å². The molecule has 26 heavy (non-hydrogen) atoms. The van der Waals surface area contributed by atoms with Crippen molar-refractivity contribution in [2.75, 3.05) is 19.7 Å². The van der Waals surface area contributed by atoms with Gasteiger partial charge in [0.2, 0.25) is 10.0 Å². The number of esters is 1. The van der Waals surface area contributed by atoms with Crippen molar-refractivity contribution in [2.24, 2.45) is 0 Å². The van der Waals surface area contributed by atoms with Gasteiger partial charge in [0, 0.05) is 18.8 Å². The smallest absolute Gasteiger partial charge is 0.350 e. The van der Waals surface area contributed by atoms with Crippen molar-refractivity contribution in [1.29, 1.82) is 5.41 Å². The topological polar surface area (TPSA) is 125 Å². The number of carbonyl (C=O) groups excluding carboxylic acids is 2. The van der Waals surface area contributed by atoms with Gasteiger partial charge in [-0.3, -0.25) is 4.79 Å². The molecule has 8 nitrogen and oxygen atoms in total. The van der Waals surface area contributed by atoms with Crippen LogP contribution in [-0.4, -0.2) is 55.0 Å². The minimum absolute atomic E-state index is 0.0827. The number of aliphatic hydroxyl groups excluding tert-OH is 1.